The van der Waals surface area contributed by atoms with Gasteiger partial charge >= 0.3 is 0 Å². The van der Waals surface area contributed by atoms with E-state index in [1.165, 1.54) is 30.0 Å². The van der Waals surface area contributed by atoms with Gasteiger partial charge in [0.1, 0.15) is 11.6 Å². The van der Waals surface area contributed by atoms with Gasteiger partial charge in [-0.15, -0.1) is 10.2 Å². The third kappa shape index (κ3) is 5.00. The number of carbonyl (C=O) groups is 1. The average Bonchev–Trinajstić information content (AvgIpc) is 3.13. The quantitative estimate of drug-likeness (QED) is 0.228. The standard InChI is InChI=1S/C20H20N4O4S/c1-3-23-19(11-14-7-9-17(28-2)10-8-14)21-22-20(23)29-13-18(25)15-5-4-6-16(12-15)24(26)27/h4-10,12H,3,11,13H2,1-2H3. The summed E-state index contributed by atoms with van der Waals surface area (Å²) >= 11 is 1.28. The summed E-state index contributed by atoms with van der Waals surface area (Å²) in [7, 11) is 1.63. The van der Waals surface area contributed by atoms with Crippen molar-refractivity contribution in [3.05, 3.63) is 75.6 Å². The summed E-state index contributed by atoms with van der Waals surface area (Å²) in [6, 6.07) is 13.5. The molecule has 3 rings (SSSR count). The maximum atomic E-state index is 12.4. The molecule has 1 aromatic heterocycles. The van der Waals surface area contributed by atoms with Crippen LogP contribution in [0.3, 0.4) is 0 Å². The molecule has 0 unspecified atom stereocenters. The van der Waals surface area contributed by atoms with E-state index < -0.39 is 4.92 Å². The van der Waals surface area contributed by atoms with E-state index in [0.29, 0.717) is 23.7 Å². The molecule has 0 spiro atoms. The van der Waals surface area contributed by atoms with Crippen LogP contribution in [0.4, 0.5) is 5.69 Å². The van der Waals surface area contributed by atoms with Gasteiger partial charge in [-0.05, 0) is 24.6 Å². The van der Waals surface area contributed by atoms with Crippen LogP contribution in [0.5, 0.6) is 5.75 Å². The summed E-state index contributed by atoms with van der Waals surface area (Å²) in [5.74, 6) is 1.53. The number of ether oxygens (including phenoxy) is 1. The fraction of sp³-hybridized carbons (Fsp3) is 0.250. The Hall–Kier alpha value is -3.20. The number of aromatic nitrogens is 3. The van der Waals surface area contributed by atoms with Crippen molar-refractivity contribution < 1.29 is 14.5 Å². The van der Waals surface area contributed by atoms with Gasteiger partial charge in [0.05, 0.1) is 17.8 Å². The monoisotopic (exact) mass is 412 g/mol. The first-order valence-corrected chi connectivity index (χ1v) is 9.95. The van der Waals surface area contributed by atoms with Gasteiger partial charge in [0.15, 0.2) is 10.9 Å². The number of methoxy groups -OCH3 is 1. The maximum Gasteiger partial charge on any atom is 0.270 e. The molecule has 9 heteroatoms. The van der Waals surface area contributed by atoms with Gasteiger partial charge in [-0.1, -0.05) is 36.0 Å². The zero-order valence-electron chi connectivity index (χ0n) is 16.1. The Labute approximate surface area is 172 Å². The number of nitro groups is 1. The van der Waals surface area contributed by atoms with Gasteiger partial charge in [0.25, 0.3) is 5.69 Å². The molecule has 29 heavy (non-hydrogen) atoms. The molecule has 0 amide bonds. The van der Waals surface area contributed by atoms with Crippen LogP contribution in [-0.2, 0) is 13.0 Å². The molecule has 1 heterocycles. The molecule has 0 saturated carbocycles. The lowest BCUT2D eigenvalue weighted by molar-refractivity contribution is -0.384. The normalized spacial score (nSPS) is 10.7. The highest BCUT2D eigenvalue weighted by Crippen LogP contribution is 2.22. The number of Topliss-reactive ketones (excluding diaryl/α,β-unsaturated/α-hetero) is 1. The molecule has 0 radical (unpaired) electrons. The van der Waals surface area contributed by atoms with Crippen LogP contribution in [-0.4, -0.2) is 38.3 Å². The van der Waals surface area contributed by atoms with Crippen molar-refractivity contribution in [1.29, 1.82) is 0 Å². The molecule has 0 aliphatic carbocycles. The Balaban J connectivity index is 1.69. The van der Waals surface area contributed by atoms with Gasteiger partial charge in [-0.3, -0.25) is 14.9 Å². The lowest BCUT2D eigenvalue weighted by Gasteiger charge is -2.08. The molecule has 150 valence electrons. The summed E-state index contributed by atoms with van der Waals surface area (Å²) in [5, 5.41) is 20.0. The predicted molar refractivity (Wildman–Crippen MR) is 110 cm³/mol. The van der Waals surface area contributed by atoms with E-state index >= 15 is 0 Å². The maximum absolute atomic E-state index is 12.4. The number of nitro benzene ring substituents is 1. The fourth-order valence-electron chi connectivity index (χ4n) is 2.81. The third-order valence-corrected chi connectivity index (χ3v) is 5.31. The van der Waals surface area contributed by atoms with Crippen molar-refractivity contribution in [2.24, 2.45) is 0 Å². The van der Waals surface area contributed by atoms with E-state index in [1.807, 2.05) is 35.8 Å². The predicted octanol–water partition coefficient (Wildman–Crippen LogP) is 3.78. The number of carbonyl (C=O) groups excluding carboxylic acids is 1. The van der Waals surface area contributed by atoms with E-state index in [4.69, 9.17) is 4.74 Å². The van der Waals surface area contributed by atoms with Gasteiger partial charge < -0.3 is 9.30 Å². The van der Waals surface area contributed by atoms with E-state index in [1.54, 1.807) is 13.2 Å². The second-order valence-electron chi connectivity index (χ2n) is 6.19. The first kappa shape index (κ1) is 20.5. The first-order chi connectivity index (χ1) is 14.0. The Bertz CT molecular complexity index is 1020. The van der Waals surface area contributed by atoms with Gasteiger partial charge in [-0.25, -0.2) is 0 Å². The Kier molecular flexibility index (Phi) is 6.61. The van der Waals surface area contributed by atoms with Crippen LogP contribution in [0.25, 0.3) is 0 Å². The van der Waals surface area contributed by atoms with Crippen molar-refractivity contribution in [3.63, 3.8) is 0 Å². The van der Waals surface area contributed by atoms with Crippen molar-refractivity contribution in [2.75, 3.05) is 12.9 Å². The number of hydrogen-bond acceptors (Lipinski definition) is 7. The summed E-state index contributed by atoms with van der Waals surface area (Å²) in [4.78, 5) is 22.8. The number of nitrogens with zero attached hydrogens (tertiary/aromatic N) is 4. The number of non-ortho nitro benzene ring substituents is 1. The van der Waals surface area contributed by atoms with E-state index in [-0.39, 0.29) is 17.2 Å². The number of rotatable bonds is 9. The largest absolute Gasteiger partial charge is 0.497 e. The van der Waals surface area contributed by atoms with Crippen molar-refractivity contribution in [3.8, 4) is 5.75 Å². The minimum atomic E-state index is -0.511. The Morgan fingerprint density at radius 2 is 1.97 bits per heavy atom. The molecule has 8 nitrogen and oxygen atoms in total. The minimum absolute atomic E-state index is 0.0978. The summed E-state index contributed by atoms with van der Waals surface area (Å²) in [6.45, 7) is 2.67. The SMILES string of the molecule is CCn1c(Cc2ccc(OC)cc2)nnc1SCC(=O)c1cccc([N+](=O)[O-])c1. The van der Waals surface area contributed by atoms with E-state index in [2.05, 4.69) is 10.2 Å². The third-order valence-electron chi connectivity index (χ3n) is 4.34. The van der Waals surface area contributed by atoms with E-state index in [9.17, 15) is 14.9 Å². The summed E-state index contributed by atoms with van der Waals surface area (Å²) < 4.78 is 7.14. The fourth-order valence-corrected chi connectivity index (χ4v) is 3.72. The smallest absolute Gasteiger partial charge is 0.270 e. The van der Waals surface area contributed by atoms with Crippen molar-refractivity contribution in [1.82, 2.24) is 14.8 Å². The van der Waals surface area contributed by atoms with Crippen LogP contribution in [0.15, 0.2) is 53.7 Å². The lowest BCUT2D eigenvalue weighted by atomic mass is 10.1. The number of benzene rings is 2. The number of hydrogen-bond donors (Lipinski definition) is 0. The second kappa shape index (κ2) is 9.33. The highest BCUT2D eigenvalue weighted by atomic mass is 32.2. The average molecular weight is 412 g/mol. The molecule has 0 atom stereocenters. The molecule has 0 aliphatic rings. The molecule has 0 saturated heterocycles. The molecule has 0 aliphatic heterocycles. The van der Waals surface area contributed by atoms with Crippen molar-refractivity contribution >= 4 is 23.2 Å². The number of thioether (sulfide) groups is 1. The van der Waals surface area contributed by atoms with Gasteiger partial charge in [0.2, 0.25) is 0 Å². The van der Waals surface area contributed by atoms with E-state index in [0.717, 1.165) is 17.1 Å². The highest BCUT2D eigenvalue weighted by Gasteiger charge is 2.16. The Morgan fingerprint density at radius 1 is 1.21 bits per heavy atom. The number of ketones is 1. The zero-order chi connectivity index (χ0) is 20.8. The van der Waals surface area contributed by atoms with Crippen molar-refractivity contribution in [2.45, 2.75) is 25.0 Å². The summed E-state index contributed by atoms with van der Waals surface area (Å²) in [5.41, 5.74) is 1.30. The molecule has 2 aromatic carbocycles. The molecular formula is C20H20N4O4S. The van der Waals surface area contributed by atoms with Crippen LogP contribution in [0.2, 0.25) is 0 Å². The van der Waals surface area contributed by atoms with Crippen LogP contribution in [0, 0.1) is 10.1 Å². The lowest BCUT2D eigenvalue weighted by Crippen LogP contribution is -2.07. The topological polar surface area (TPSA) is 100 Å². The van der Waals surface area contributed by atoms with Crippen LogP contribution < -0.4 is 4.74 Å². The molecule has 0 fully saturated rings. The zero-order valence-corrected chi connectivity index (χ0v) is 16.9. The van der Waals surface area contributed by atoms with Crippen LogP contribution >= 0.6 is 11.8 Å². The molecule has 0 bridgehead atoms. The van der Waals surface area contributed by atoms with Crippen LogP contribution in [0.1, 0.15) is 28.7 Å². The van der Waals surface area contributed by atoms with Gasteiger partial charge in [-0.2, -0.15) is 0 Å². The highest BCUT2D eigenvalue weighted by molar-refractivity contribution is 7.99. The Morgan fingerprint density at radius 3 is 2.62 bits per heavy atom. The minimum Gasteiger partial charge on any atom is -0.497 e. The van der Waals surface area contributed by atoms with Gasteiger partial charge in [0, 0.05) is 30.7 Å². The second-order valence-corrected chi connectivity index (χ2v) is 7.13. The summed E-state index contributed by atoms with van der Waals surface area (Å²) in [6.07, 6.45) is 0.615. The molecular weight excluding hydrogens is 392 g/mol. The molecule has 0 N–H and O–H groups in total. The molecule has 3 aromatic rings. The first-order valence-electron chi connectivity index (χ1n) is 8.97.